The van der Waals surface area contributed by atoms with E-state index in [-0.39, 0.29) is 18.2 Å². The predicted octanol–water partition coefficient (Wildman–Crippen LogP) is 2.61. The molecule has 1 N–H and O–H groups in total. The average molecular weight is 353 g/mol. The predicted molar refractivity (Wildman–Crippen MR) is 94.8 cm³/mol. The number of carbonyl (C=O) groups is 1. The summed E-state index contributed by atoms with van der Waals surface area (Å²) >= 11 is 0. The summed E-state index contributed by atoms with van der Waals surface area (Å²) in [5.74, 6) is 1.80. The molecule has 26 heavy (non-hydrogen) atoms. The molecule has 0 radical (unpaired) electrons. The van der Waals surface area contributed by atoms with Gasteiger partial charge in [-0.05, 0) is 30.3 Å². The minimum atomic E-state index is -0.224. The maximum absolute atomic E-state index is 12.2. The molecule has 0 unspecified atom stereocenters. The van der Waals surface area contributed by atoms with Crippen LogP contribution in [0.15, 0.2) is 52.9 Å². The third kappa shape index (κ3) is 4.18. The number of ether oxygens (including phenoxy) is 2. The molecule has 1 amide bonds. The molecule has 0 aliphatic rings. The summed E-state index contributed by atoms with van der Waals surface area (Å²) in [6, 6.07) is 14.8. The molecule has 0 atom stereocenters. The van der Waals surface area contributed by atoms with Crippen LogP contribution >= 0.6 is 0 Å². The van der Waals surface area contributed by atoms with Crippen LogP contribution in [0.3, 0.4) is 0 Å². The number of rotatable bonds is 7. The fourth-order valence-electron chi connectivity index (χ4n) is 2.44. The molecule has 134 valence electrons. The second-order valence-electron chi connectivity index (χ2n) is 5.50. The van der Waals surface area contributed by atoms with Crippen LogP contribution in [0.25, 0.3) is 11.5 Å². The van der Waals surface area contributed by atoms with E-state index >= 15 is 0 Å². The van der Waals surface area contributed by atoms with E-state index in [1.165, 1.54) is 0 Å². The zero-order chi connectivity index (χ0) is 18.4. The molecule has 1 heterocycles. The van der Waals surface area contributed by atoms with Gasteiger partial charge in [-0.1, -0.05) is 18.2 Å². The topological polar surface area (TPSA) is 86.5 Å². The van der Waals surface area contributed by atoms with E-state index < -0.39 is 0 Å². The molecule has 0 aliphatic heterocycles. The lowest BCUT2D eigenvalue weighted by Crippen LogP contribution is -2.25. The smallest absolute Gasteiger partial charge is 0.247 e. The maximum atomic E-state index is 12.2. The van der Waals surface area contributed by atoms with Crippen molar-refractivity contribution >= 4 is 5.91 Å². The lowest BCUT2D eigenvalue weighted by Gasteiger charge is -2.11. The minimum Gasteiger partial charge on any atom is -0.497 e. The third-order valence-electron chi connectivity index (χ3n) is 3.76. The molecular formula is C19H19N3O4. The molecule has 3 aromatic rings. The highest BCUT2D eigenvalue weighted by atomic mass is 16.5. The van der Waals surface area contributed by atoms with Crippen LogP contribution in [0.1, 0.15) is 11.5 Å². The second-order valence-corrected chi connectivity index (χ2v) is 5.50. The highest BCUT2D eigenvalue weighted by molar-refractivity contribution is 5.77. The maximum Gasteiger partial charge on any atom is 0.247 e. The molecule has 0 aliphatic carbocycles. The lowest BCUT2D eigenvalue weighted by molar-refractivity contribution is -0.120. The van der Waals surface area contributed by atoms with Crippen molar-refractivity contribution < 1.29 is 18.7 Å². The summed E-state index contributed by atoms with van der Waals surface area (Å²) in [6.07, 6.45) is 0.00607. The van der Waals surface area contributed by atoms with Crippen molar-refractivity contribution in [2.24, 2.45) is 0 Å². The molecule has 0 fully saturated rings. The van der Waals surface area contributed by atoms with E-state index in [1.54, 1.807) is 26.4 Å². The van der Waals surface area contributed by atoms with Crippen molar-refractivity contribution in [2.75, 3.05) is 14.2 Å². The van der Waals surface area contributed by atoms with E-state index in [0.29, 0.717) is 23.9 Å². The molecule has 0 bridgehead atoms. The zero-order valence-electron chi connectivity index (χ0n) is 14.6. The van der Waals surface area contributed by atoms with E-state index in [4.69, 9.17) is 13.9 Å². The SMILES string of the molecule is COc1ccc(OC)c(CNC(=O)Cc2nnc(-c3ccccc3)o2)c1. The molecule has 0 saturated heterocycles. The summed E-state index contributed by atoms with van der Waals surface area (Å²) in [5, 5.41) is 10.7. The molecule has 0 saturated carbocycles. The van der Waals surface area contributed by atoms with Crippen molar-refractivity contribution in [3.63, 3.8) is 0 Å². The quantitative estimate of drug-likeness (QED) is 0.703. The normalized spacial score (nSPS) is 10.4. The molecule has 7 nitrogen and oxygen atoms in total. The van der Waals surface area contributed by atoms with Crippen LogP contribution in [-0.2, 0) is 17.8 Å². The number of benzene rings is 2. The van der Waals surface area contributed by atoms with Crippen LogP contribution in [0.5, 0.6) is 11.5 Å². The van der Waals surface area contributed by atoms with Crippen molar-refractivity contribution in [1.29, 1.82) is 0 Å². The Morgan fingerprint density at radius 1 is 1.08 bits per heavy atom. The van der Waals surface area contributed by atoms with Gasteiger partial charge >= 0.3 is 0 Å². The van der Waals surface area contributed by atoms with Gasteiger partial charge in [0.2, 0.25) is 17.7 Å². The average Bonchev–Trinajstić information content (AvgIpc) is 3.15. The Labute approximate surface area is 151 Å². The van der Waals surface area contributed by atoms with Gasteiger partial charge in [0.1, 0.15) is 17.9 Å². The zero-order valence-corrected chi connectivity index (χ0v) is 14.6. The van der Waals surface area contributed by atoms with Crippen LogP contribution in [-0.4, -0.2) is 30.3 Å². The third-order valence-corrected chi connectivity index (χ3v) is 3.76. The van der Waals surface area contributed by atoms with Crippen molar-refractivity contribution in [3.8, 4) is 23.0 Å². The Hall–Kier alpha value is -3.35. The van der Waals surface area contributed by atoms with Gasteiger partial charge in [-0.3, -0.25) is 4.79 Å². The Kier molecular flexibility index (Phi) is 5.48. The van der Waals surface area contributed by atoms with Crippen LogP contribution < -0.4 is 14.8 Å². The largest absolute Gasteiger partial charge is 0.497 e. The fourth-order valence-corrected chi connectivity index (χ4v) is 2.44. The Morgan fingerprint density at radius 2 is 1.88 bits per heavy atom. The van der Waals surface area contributed by atoms with E-state index in [0.717, 1.165) is 11.1 Å². The second kappa shape index (κ2) is 8.15. The number of hydrogen-bond donors (Lipinski definition) is 1. The van der Waals surface area contributed by atoms with Crippen molar-refractivity contribution in [2.45, 2.75) is 13.0 Å². The molecule has 1 aromatic heterocycles. The van der Waals surface area contributed by atoms with Gasteiger partial charge in [-0.25, -0.2) is 0 Å². The number of aromatic nitrogens is 2. The first-order valence-electron chi connectivity index (χ1n) is 8.05. The van der Waals surface area contributed by atoms with Gasteiger partial charge in [0.15, 0.2) is 0 Å². The number of nitrogens with zero attached hydrogens (tertiary/aromatic N) is 2. The number of carbonyl (C=O) groups excluding carboxylic acids is 1. The van der Waals surface area contributed by atoms with E-state index in [1.807, 2.05) is 36.4 Å². The number of methoxy groups -OCH3 is 2. The first kappa shape index (κ1) is 17.5. The number of amides is 1. The van der Waals surface area contributed by atoms with Gasteiger partial charge in [-0.2, -0.15) is 0 Å². The van der Waals surface area contributed by atoms with Crippen LogP contribution in [0, 0.1) is 0 Å². The molecular weight excluding hydrogens is 334 g/mol. The highest BCUT2D eigenvalue weighted by Crippen LogP contribution is 2.23. The van der Waals surface area contributed by atoms with Crippen molar-refractivity contribution in [1.82, 2.24) is 15.5 Å². The summed E-state index contributed by atoms with van der Waals surface area (Å²) in [5.41, 5.74) is 1.63. The van der Waals surface area contributed by atoms with Crippen LogP contribution in [0.4, 0.5) is 0 Å². The van der Waals surface area contributed by atoms with E-state index in [2.05, 4.69) is 15.5 Å². The monoisotopic (exact) mass is 353 g/mol. The molecule has 3 rings (SSSR count). The molecule has 2 aromatic carbocycles. The lowest BCUT2D eigenvalue weighted by atomic mass is 10.2. The van der Waals surface area contributed by atoms with Crippen molar-refractivity contribution in [3.05, 3.63) is 60.0 Å². The molecule has 7 heteroatoms. The van der Waals surface area contributed by atoms with E-state index in [9.17, 15) is 4.79 Å². The Bertz CT molecular complexity index is 878. The number of nitrogens with one attached hydrogen (secondary N) is 1. The van der Waals surface area contributed by atoms with Gasteiger partial charge in [0.05, 0.1) is 14.2 Å². The Balaban J connectivity index is 1.61. The summed E-state index contributed by atoms with van der Waals surface area (Å²) in [4.78, 5) is 12.2. The van der Waals surface area contributed by atoms with Gasteiger partial charge in [0.25, 0.3) is 0 Å². The van der Waals surface area contributed by atoms with Gasteiger partial charge in [0, 0.05) is 17.7 Å². The standard InChI is InChI=1S/C19H19N3O4/c1-24-15-8-9-16(25-2)14(10-15)12-20-17(23)11-18-21-22-19(26-18)13-6-4-3-5-7-13/h3-10H,11-12H2,1-2H3,(H,20,23). The molecule has 0 spiro atoms. The Morgan fingerprint density at radius 3 is 2.62 bits per heavy atom. The fraction of sp³-hybridized carbons (Fsp3) is 0.211. The summed E-state index contributed by atoms with van der Waals surface area (Å²) < 4.78 is 16.0. The van der Waals surface area contributed by atoms with Crippen LogP contribution in [0.2, 0.25) is 0 Å². The summed E-state index contributed by atoms with van der Waals surface area (Å²) in [7, 11) is 3.17. The first-order valence-corrected chi connectivity index (χ1v) is 8.05. The summed E-state index contributed by atoms with van der Waals surface area (Å²) in [6.45, 7) is 0.304. The van der Waals surface area contributed by atoms with Gasteiger partial charge < -0.3 is 19.2 Å². The number of hydrogen-bond acceptors (Lipinski definition) is 6. The minimum absolute atomic E-state index is 0.00607. The van der Waals surface area contributed by atoms with Gasteiger partial charge in [-0.15, -0.1) is 10.2 Å². The first-order chi connectivity index (χ1) is 12.7. The highest BCUT2D eigenvalue weighted by Gasteiger charge is 2.13.